The second kappa shape index (κ2) is 8.28. The number of H-pyrrole nitrogens is 2. The average Bonchev–Trinajstić information content (AvgIpc) is 3.55. The Morgan fingerprint density at radius 1 is 0.625 bits per heavy atom. The van der Waals surface area contributed by atoms with Crippen LogP contribution < -0.4 is 0 Å². The number of nitrogens with one attached hydrogen (secondary N) is 2. The van der Waals surface area contributed by atoms with Crippen molar-refractivity contribution in [3.8, 4) is 0 Å². The standard InChI is InChI=1S/C20H24N8O4/c29-17-13-14(22-11-21-13)18(30)27(17)5-1-3-25-7-9-26(10-8-25)4-2-6-28-19(31)15-16(20(28)32)24-12-23-15/h11-12H,1-10H2,(H,21,22)(H,23,24). The maximum Gasteiger partial charge on any atom is 0.281 e. The molecule has 5 heterocycles. The summed E-state index contributed by atoms with van der Waals surface area (Å²) in [6.07, 6.45) is 4.17. The number of imidazole rings is 2. The first-order valence-electron chi connectivity index (χ1n) is 10.8. The summed E-state index contributed by atoms with van der Waals surface area (Å²) in [5, 5.41) is 0. The van der Waals surface area contributed by atoms with Crippen LogP contribution in [0, 0.1) is 0 Å². The molecule has 3 aliphatic rings. The van der Waals surface area contributed by atoms with Crippen LogP contribution in [0.1, 0.15) is 54.8 Å². The Morgan fingerprint density at radius 3 is 1.41 bits per heavy atom. The molecule has 0 bridgehead atoms. The topological polar surface area (TPSA) is 139 Å². The molecular formula is C20H24N8O4. The van der Waals surface area contributed by atoms with E-state index in [1.807, 2.05) is 0 Å². The van der Waals surface area contributed by atoms with E-state index in [-0.39, 0.29) is 46.4 Å². The highest BCUT2D eigenvalue weighted by molar-refractivity contribution is 6.20. The number of nitrogens with zero attached hydrogens (tertiary/aromatic N) is 6. The van der Waals surface area contributed by atoms with Crippen molar-refractivity contribution in [1.82, 2.24) is 39.5 Å². The maximum absolute atomic E-state index is 12.2. The van der Waals surface area contributed by atoms with Gasteiger partial charge in [-0.2, -0.15) is 0 Å². The van der Waals surface area contributed by atoms with Crippen LogP contribution in [0.2, 0.25) is 0 Å². The summed E-state index contributed by atoms with van der Waals surface area (Å²) >= 11 is 0. The number of carbonyl (C=O) groups excluding carboxylic acids is 4. The number of aromatic amines is 2. The molecule has 0 saturated carbocycles. The highest BCUT2D eigenvalue weighted by atomic mass is 16.2. The first-order chi connectivity index (χ1) is 15.5. The van der Waals surface area contributed by atoms with Crippen molar-refractivity contribution >= 4 is 23.6 Å². The summed E-state index contributed by atoms with van der Waals surface area (Å²) in [5.41, 5.74) is 0.992. The lowest BCUT2D eigenvalue weighted by Crippen LogP contribution is -2.47. The molecule has 0 aliphatic carbocycles. The van der Waals surface area contributed by atoms with Gasteiger partial charge in [-0.1, -0.05) is 0 Å². The first-order valence-corrected chi connectivity index (χ1v) is 10.8. The van der Waals surface area contributed by atoms with E-state index in [0.29, 0.717) is 13.1 Å². The zero-order valence-corrected chi connectivity index (χ0v) is 17.5. The van der Waals surface area contributed by atoms with Gasteiger partial charge in [0.15, 0.2) is 11.4 Å². The third-order valence-electron chi connectivity index (χ3n) is 6.27. The zero-order chi connectivity index (χ0) is 22.2. The van der Waals surface area contributed by atoms with Crippen LogP contribution >= 0.6 is 0 Å². The van der Waals surface area contributed by atoms with Gasteiger partial charge in [0, 0.05) is 39.3 Å². The molecule has 0 radical (unpaired) electrons. The number of hydrogen-bond acceptors (Lipinski definition) is 8. The third-order valence-corrected chi connectivity index (χ3v) is 6.27. The Balaban J connectivity index is 0.995. The second-order valence-electron chi connectivity index (χ2n) is 8.17. The molecule has 3 aliphatic heterocycles. The van der Waals surface area contributed by atoms with Gasteiger partial charge >= 0.3 is 0 Å². The van der Waals surface area contributed by atoms with Crippen LogP contribution in [-0.4, -0.2) is 116 Å². The van der Waals surface area contributed by atoms with Crippen molar-refractivity contribution in [2.24, 2.45) is 0 Å². The summed E-state index contributed by atoms with van der Waals surface area (Å²) in [7, 11) is 0. The van der Waals surface area contributed by atoms with E-state index < -0.39 is 0 Å². The normalized spacial score (nSPS) is 19.4. The number of fused-ring (bicyclic) bond motifs is 2. The van der Waals surface area contributed by atoms with Gasteiger partial charge in [0.25, 0.3) is 23.6 Å². The van der Waals surface area contributed by atoms with E-state index in [2.05, 4.69) is 29.7 Å². The van der Waals surface area contributed by atoms with Crippen LogP contribution in [0.3, 0.4) is 0 Å². The highest BCUT2D eigenvalue weighted by Gasteiger charge is 2.38. The summed E-state index contributed by atoms with van der Waals surface area (Å²) in [6, 6.07) is 0. The Bertz CT molecular complexity index is 922. The van der Waals surface area contributed by atoms with Gasteiger partial charge in [0.2, 0.25) is 0 Å². The Hall–Kier alpha value is -3.38. The fourth-order valence-electron chi connectivity index (χ4n) is 4.50. The van der Waals surface area contributed by atoms with E-state index in [0.717, 1.165) is 52.1 Å². The number of imide groups is 2. The molecule has 0 aromatic carbocycles. The minimum atomic E-state index is -0.325. The number of aromatic nitrogens is 4. The number of hydrogen-bond donors (Lipinski definition) is 2. The molecule has 1 fully saturated rings. The molecule has 1 saturated heterocycles. The number of piperazine rings is 1. The Labute approximate surface area is 183 Å². The van der Waals surface area contributed by atoms with Gasteiger partial charge in [-0.3, -0.25) is 29.0 Å². The van der Waals surface area contributed by atoms with Crippen molar-refractivity contribution < 1.29 is 19.2 Å². The number of rotatable bonds is 8. The van der Waals surface area contributed by atoms with Gasteiger partial charge in [-0.25, -0.2) is 9.97 Å². The SMILES string of the molecule is O=C1c2nc[nH]c2C(=O)N1CCCN1CCN(CCCN2C(=O)c3nc[nH]c3C2=O)CC1. The molecule has 2 N–H and O–H groups in total. The summed E-state index contributed by atoms with van der Waals surface area (Å²) in [6.45, 7) is 6.00. The molecule has 4 amide bonds. The van der Waals surface area contributed by atoms with Crippen molar-refractivity contribution in [3.63, 3.8) is 0 Å². The lowest BCUT2D eigenvalue weighted by Gasteiger charge is -2.35. The Kier molecular flexibility index (Phi) is 5.31. The molecule has 12 nitrogen and oxygen atoms in total. The minimum Gasteiger partial charge on any atom is -0.340 e. The van der Waals surface area contributed by atoms with E-state index in [9.17, 15) is 19.2 Å². The van der Waals surface area contributed by atoms with Crippen molar-refractivity contribution in [1.29, 1.82) is 0 Å². The van der Waals surface area contributed by atoms with Gasteiger partial charge in [-0.15, -0.1) is 0 Å². The molecule has 0 spiro atoms. The minimum absolute atomic E-state index is 0.213. The highest BCUT2D eigenvalue weighted by Crippen LogP contribution is 2.20. The van der Waals surface area contributed by atoms with Crippen LogP contribution in [0.4, 0.5) is 0 Å². The quantitative estimate of drug-likeness (QED) is 0.520. The first kappa shape index (κ1) is 20.5. The average molecular weight is 440 g/mol. The van der Waals surface area contributed by atoms with Crippen LogP contribution in [-0.2, 0) is 0 Å². The van der Waals surface area contributed by atoms with Crippen LogP contribution in [0.25, 0.3) is 0 Å². The van der Waals surface area contributed by atoms with Gasteiger partial charge in [0.05, 0.1) is 12.7 Å². The molecule has 2 aromatic heterocycles. The lowest BCUT2D eigenvalue weighted by atomic mass is 10.2. The smallest absolute Gasteiger partial charge is 0.281 e. The fraction of sp³-hybridized carbons (Fsp3) is 0.500. The molecule has 12 heteroatoms. The van der Waals surface area contributed by atoms with Crippen LogP contribution in [0.5, 0.6) is 0 Å². The molecule has 5 rings (SSSR count). The zero-order valence-electron chi connectivity index (χ0n) is 17.5. The van der Waals surface area contributed by atoms with Gasteiger partial charge in [-0.05, 0) is 25.9 Å². The van der Waals surface area contributed by atoms with E-state index in [4.69, 9.17) is 0 Å². The third kappa shape index (κ3) is 3.50. The summed E-state index contributed by atoms with van der Waals surface area (Å²) in [5.74, 6) is -1.25. The Morgan fingerprint density at radius 2 is 1.03 bits per heavy atom. The van der Waals surface area contributed by atoms with E-state index >= 15 is 0 Å². The van der Waals surface area contributed by atoms with E-state index in [1.54, 1.807) is 0 Å². The monoisotopic (exact) mass is 440 g/mol. The maximum atomic E-state index is 12.2. The molecule has 2 aromatic rings. The van der Waals surface area contributed by atoms with Gasteiger partial charge < -0.3 is 19.8 Å². The molecule has 0 atom stereocenters. The predicted molar refractivity (Wildman–Crippen MR) is 110 cm³/mol. The molecule has 32 heavy (non-hydrogen) atoms. The van der Waals surface area contributed by atoms with E-state index in [1.165, 1.54) is 22.5 Å². The number of carbonyl (C=O) groups is 4. The lowest BCUT2D eigenvalue weighted by molar-refractivity contribution is 0.0611. The number of amides is 4. The fourth-order valence-corrected chi connectivity index (χ4v) is 4.50. The van der Waals surface area contributed by atoms with Crippen molar-refractivity contribution in [2.45, 2.75) is 12.8 Å². The van der Waals surface area contributed by atoms with Crippen molar-refractivity contribution in [2.75, 3.05) is 52.4 Å². The summed E-state index contributed by atoms with van der Waals surface area (Å²) in [4.78, 5) is 69.4. The predicted octanol–water partition coefficient (Wildman–Crippen LogP) is -0.577. The van der Waals surface area contributed by atoms with Gasteiger partial charge in [0.1, 0.15) is 11.4 Å². The van der Waals surface area contributed by atoms with Crippen LogP contribution in [0.15, 0.2) is 12.7 Å². The molecule has 168 valence electrons. The van der Waals surface area contributed by atoms with Crippen molar-refractivity contribution in [3.05, 3.63) is 35.4 Å². The summed E-state index contributed by atoms with van der Waals surface area (Å²) < 4.78 is 0. The molecular weight excluding hydrogens is 416 g/mol. The second-order valence-corrected chi connectivity index (χ2v) is 8.17. The molecule has 0 unspecified atom stereocenters. The largest absolute Gasteiger partial charge is 0.340 e.